The summed E-state index contributed by atoms with van der Waals surface area (Å²) >= 11 is 7.63. The first-order valence-electron chi connectivity index (χ1n) is 9.37. The van der Waals surface area contributed by atoms with Crippen molar-refractivity contribution in [1.29, 1.82) is 0 Å². The van der Waals surface area contributed by atoms with Crippen molar-refractivity contribution in [2.75, 3.05) is 0 Å². The Morgan fingerprint density at radius 2 is 1.72 bits per heavy atom. The van der Waals surface area contributed by atoms with Crippen molar-refractivity contribution < 1.29 is 22.3 Å². The van der Waals surface area contributed by atoms with E-state index in [-0.39, 0.29) is 22.2 Å². The lowest BCUT2D eigenvalue weighted by Crippen LogP contribution is -2.16. The van der Waals surface area contributed by atoms with Crippen LogP contribution in [0.3, 0.4) is 0 Å². The van der Waals surface area contributed by atoms with Crippen LogP contribution in [0, 0.1) is 19.7 Å². The van der Waals surface area contributed by atoms with E-state index < -0.39 is 12.2 Å². The van der Waals surface area contributed by atoms with E-state index in [0.29, 0.717) is 5.82 Å². The molecule has 0 amide bonds. The zero-order chi connectivity index (χ0) is 23.2. The number of halogens is 5. The number of nitrogens with zero attached hydrogens (tertiary/aromatic N) is 3. The third-order valence-corrected chi connectivity index (χ3v) is 6.37. The maximum absolute atomic E-state index is 14.3. The van der Waals surface area contributed by atoms with Gasteiger partial charge in [-0.15, -0.1) is 24.5 Å². The maximum atomic E-state index is 14.3. The minimum absolute atomic E-state index is 0.127. The van der Waals surface area contributed by atoms with Crippen LogP contribution < -0.4 is 4.74 Å². The van der Waals surface area contributed by atoms with Gasteiger partial charge in [-0.3, -0.25) is 0 Å². The first-order chi connectivity index (χ1) is 15.0. The summed E-state index contributed by atoms with van der Waals surface area (Å²) in [5.74, 6) is -0.0956. The molecule has 0 aliphatic rings. The quantitative estimate of drug-likeness (QED) is 0.290. The molecule has 166 valence electrons. The predicted molar refractivity (Wildman–Crippen MR) is 116 cm³/mol. The van der Waals surface area contributed by atoms with Crippen LogP contribution in [0.5, 0.6) is 5.75 Å². The number of benzene rings is 2. The zero-order valence-electron chi connectivity index (χ0n) is 17.1. The molecule has 0 saturated carbocycles. The largest absolute Gasteiger partial charge is 0.573 e. The van der Waals surface area contributed by atoms with Gasteiger partial charge in [0.25, 0.3) is 0 Å². The lowest BCUT2D eigenvalue weighted by Gasteiger charge is -2.10. The molecule has 0 aliphatic carbocycles. The Balaban J connectivity index is 1.74. The molecule has 2 aromatic heterocycles. The van der Waals surface area contributed by atoms with E-state index in [4.69, 9.17) is 11.6 Å². The number of hydrogen-bond donors (Lipinski definition) is 0. The van der Waals surface area contributed by atoms with Crippen LogP contribution >= 0.6 is 22.9 Å². The lowest BCUT2D eigenvalue weighted by atomic mass is 10.0. The van der Waals surface area contributed by atoms with Crippen molar-refractivity contribution in [3.63, 3.8) is 0 Å². The van der Waals surface area contributed by atoms with E-state index in [1.54, 1.807) is 29.9 Å². The normalized spacial score (nSPS) is 11.8. The van der Waals surface area contributed by atoms with E-state index in [9.17, 15) is 17.6 Å². The molecule has 4 rings (SSSR count). The van der Waals surface area contributed by atoms with Gasteiger partial charge in [-0.05, 0) is 54.8 Å². The van der Waals surface area contributed by atoms with Gasteiger partial charge in [0.2, 0.25) is 0 Å². The highest BCUT2D eigenvalue weighted by atomic mass is 35.5. The van der Waals surface area contributed by atoms with Crippen molar-refractivity contribution in [1.82, 2.24) is 14.8 Å². The van der Waals surface area contributed by atoms with E-state index in [2.05, 4.69) is 14.8 Å². The average molecular weight is 482 g/mol. The minimum Gasteiger partial charge on any atom is -0.406 e. The first-order valence-corrected chi connectivity index (χ1v) is 10.6. The Morgan fingerprint density at radius 1 is 1.03 bits per heavy atom. The molecule has 0 fully saturated rings. The summed E-state index contributed by atoms with van der Waals surface area (Å²) in [6, 6.07) is 10.1. The van der Waals surface area contributed by atoms with Gasteiger partial charge in [-0.2, -0.15) is 5.10 Å². The predicted octanol–water partition coefficient (Wildman–Crippen LogP) is 7.19. The van der Waals surface area contributed by atoms with Crippen molar-refractivity contribution >= 4 is 22.9 Å². The summed E-state index contributed by atoms with van der Waals surface area (Å²) < 4.78 is 57.1. The van der Waals surface area contributed by atoms with E-state index in [1.807, 2.05) is 13.8 Å². The second-order valence-electron chi connectivity index (χ2n) is 7.04. The number of ether oxygens (including phenoxy) is 1. The van der Waals surface area contributed by atoms with Gasteiger partial charge in [0, 0.05) is 11.9 Å². The topological polar surface area (TPSA) is 39.9 Å². The van der Waals surface area contributed by atoms with E-state index in [0.717, 1.165) is 26.4 Å². The number of alkyl halides is 3. The molecule has 0 atom stereocenters. The number of thiophene rings is 1. The molecule has 0 saturated heterocycles. The second-order valence-corrected chi connectivity index (χ2v) is 8.67. The van der Waals surface area contributed by atoms with Crippen LogP contribution in [0.4, 0.5) is 17.6 Å². The second kappa shape index (κ2) is 8.22. The Hall–Kier alpha value is -2.91. The molecule has 4 nitrogen and oxygen atoms in total. The van der Waals surface area contributed by atoms with Gasteiger partial charge in [-0.1, -0.05) is 29.8 Å². The molecule has 10 heteroatoms. The Kier molecular flexibility index (Phi) is 5.72. The molecular formula is C22H16ClF4N3OS. The van der Waals surface area contributed by atoms with Crippen LogP contribution in [-0.4, -0.2) is 21.1 Å². The molecular weight excluding hydrogens is 466 g/mol. The number of aromatic nitrogens is 3. The van der Waals surface area contributed by atoms with Crippen molar-refractivity contribution in [2.24, 2.45) is 7.05 Å². The Morgan fingerprint density at radius 3 is 2.34 bits per heavy atom. The molecule has 32 heavy (non-hydrogen) atoms. The van der Waals surface area contributed by atoms with Crippen LogP contribution in [0.2, 0.25) is 5.02 Å². The van der Waals surface area contributed by atoms with Crippen LogP contribution in [0.25, 0.3) is 33.2 Å². The summed E-state index contributed by atoms with van der Waals surface area (Å²) in [4.78, 5) is 6.30. The highest BCUT2D eigenvalue weighted by molar-refractivity contribution is 7.16. The highest BCUT2D eigenvalue weighted by Gasteiger charge is 2.31. The number of hydrogen-bond acceptors (Lipinski definition) is 4. The molecule has 0 radical (unpaired) electrons. The van der Waals surface area contributed by atoms with Crippen LogP contribution in [-0.2, 0) is 7.05 Å². The van der Waals surface area contributed by atoms with Gasteiger partial charge in [0.15, 0.2) is 11.6 Å². The number of rotatable bonds is 4. The zero-order valence-corrected chi connectivity index (χ0v) is 18.7. The van der Waals surface area contributed by atoms with Crippen LogP contribution in [0.1, 0.15) is 10.4 Å². The SMILES string of the molecule is Cc1sc(-c2nc(-c3c(F)cccc3Cl)nn2C)c(C)c1-c1ccc(OC(F)(F)F)cc1. The summed E-state index contributed by atoms with van der Waals surface area (Å²) in [6.07, 6.45) is -4.74. The molecule has 2 aromatic carbocycles. The van der Waals surface area contributed by atoms with Gasteiger partial charge in [0.1, 0.15) is 11.6 Å². The fourth-order valence-corrected chi connectivity index (χ4v) is 4.97. The fourth-order valence-electron chi connectivity index (χ4n) is 3.51. The molecule has 0 unspecified atom stereocenters. The van der Waals surface area contributed by atoms with Crippen molar-refractivity contribution in [2.45, 2.75) is 20.2 Å². The van der Waals surface area contributed by atoms with Gasteiger partial charge in [-0.25, -0.2) is 14.1 Å². The molecule has 0 N–H and O–H groups in total. The Labute approximate surface area is 190 Å². The molecule has 0 bridgehead atoms. The van der Waals surface area contributed by atoms with Crippen LogP contribution in [0.15, 0.2) is 42.5 Å². The summed E-state index contributed by atoms with van der Waals surface area (Å²) in [5.41, 5.74) is 2.65. The van der Waals surface area contributed by atoms with E-state index in [1.165, 1.54) is 35.6 Å². The Bertz CT molecular complexity index is 1280. The van der Waals surface area contributed by atoms with E-state index >= 15 is 0 Å². The first kappa shape index (κ1) is 22.3. The van der Waals surface area contributed by atoms with Crippen molar-refractivity contribution in [3.05, 3.63) is 63.7 Å². The fraction of sp³-hybridized carbons (Fsp3) is 0.182. The van der Waals surface area contributed by atoms with Gasteiger partial charge in [0.05, 0.1) is 15.5 Å². The third-order valence-electron chi connectivity index (χ3n) is 4.85. The van der Waals surface area contributed by atoms with Gasteiger partial charge >= 0.3 is 6.36 Å². The third kappa shape index (κ3) is 4.22. The molecule has 0 aliphatic heterocycles. The van der Waals surface area contributed by atoms with Gasteiger partial charge < -0.3 is 4.74 Å². The summed E-state index contributed by atoms with van der Waals surface area (Å²) in [7, 11) is 1.71. The van der Waals surface area contributed by atoms with Crippen molar-refractivity contribution in [3.8, 4) is 39.0 Å². The molecule has 0 spiro atoms. The maximum Gasteiger partial charge on any atom is 0.573 e. The summed E-state index contributed by atoms with van der Waals surface area (Å²) in [6.45, 7) is 3.82. The highest BCUT2D eigenvalue weighted by Crippen LogP contribution is 2.42. The average Bonchev–Trinajstić information content (AvgIpc) is 3.20. The standard InChI is InChI=1S/C22H16ClF4N3OS/c1-11-17(13-7-9-14(10-8-13)31-22(25,26)27)12(2)32-19(11)21-28-20(29-30(21)3)18-15(23)5-4-6-16(18)24/h4-10H,1-3H3. The minimum atomic E-state index is -4.74. The monoisotopic (exact) mass is 481 g/mol. The molecule has 2 heterocycles. The number of aryl methyl sites for hydroxylation is 2. The summed E-state index contributed by atoms with van der Waals surface area (Å²) in [5, 5.41) is 4.55. The molecule has 4 aromatic rings. The lowest BCUT2D eigenvalue weighted by molar-refractivity contribution is -0.274. The smallest absolute Gasteiger partial charge is 0.406 e.